The van der Waals surface area contributed by atoms with Crippen LogP contribution in [0.1, 0.15) is 28.4 Å². The van der Waals surface area contributed by atoms with E-state index in [9.17, 15) is 14.4 Å². The first kappa shape index (κ1) is 16.5. The molecule has 0 saturated heterocycles. The second kappa shape index (κ2) is 7.28. The molecule has 7 heteroatoms. The Balaban J connectivity index is 2.64. The number of hydrogen-bond donors (Lipinski definition) is 4. The lowest BCUT2D eigenvalue weighted by Gasteiger charge is -2.11. The summed E-state index contributed by atoms with van der Waals surface area (Å²) in [5.74, 6) is -1.21. The van der Waals surface area contributed by atoms with Gasteiger partial charge >= 0.3 is 12.0 Å². The van der Waals surface area contributed by atoms with E-state index in [0.717, 1.165) is 5.56 Å². The van der Waals surface area contributed by atoms with Gasteiger partial charge in [0.15, 0.2) is 0 Å². The number of carboxylic acid groups (broad SMARTS) is 1. The Morgan fingerprint density at radius 3 is 2.29 bits per heavy atom. The van der Waals surface area contributed by atoms with Gasteiger partial charge in [-0.2, -0.15) is 0 Å². The number of urea groups is 1. The molecule has 0 heterocycles. The lowest BCUT2D eigenvalue weighted by molar-refractivity contribution is -0.118. The summed E-state index contributed by atoms with van der Waals surface area (Å²) in [6, 6.07) is 2.66. The zero-order valence-electron chi connectivity index (χ0n) is 12.2. The Morgan fingerprint density at radius 2 is 1.71 bits per heavy atom. The summed E-state index contributed by atoms with van der Waals surface area (Å²) in [7, 11) is 0. The minimum atomic E-state index is -1.04. The van der Waals surface area contributed by atoms with Crippen molar-refractivity contribution in [2.45, 2.75) is 20.8 Å². The monoisotopic (exact) mass is 293 g/mol. The third kappa shape index (κ3) is 5.13. The summed E-state index contributed by atoms with van der Waals surface area (Å²) in [5, 5.41) is 16.8. The number of carbonyl (C=O) groups is 3. The van der Waals surface area contributed by atoms with E-state index in [1.807, 2.05) is 0 Å². The van der Waals surface area contributed by atoms with Crippen LogP contribution in [-0.4, -0.2) is 36.1 Å². The van der Waals surface area contributed by atoms with Gasteiger partial charge in [-0.15, -0.1) is 0 Å². The fourth-order valence-electron chi connectivity index (χ4n) is 1.74. The van der Waals surface area contributed by atoms with Gasteiger partial charge in [-0.3, -0.25) is 4.79 Å². The van der Waals surface area contributed by atoms with Crippen LogP contribution in [0.25, 0.3) is 0 Å². The molecule has 4 N–H and O–H groups in total. The van der Waals surface area contributed by atoms with Crippen molar-refractivity contribution in [1.29, 1.82) is 0 Å². The van der Waals surface area contributed by atoms with Gasteiger partial charge in [0.2, 0.25) is 5.91 Å². The molecule has 1 rings (SSSR count). The number of aromatic carboxylic acids is 1. The smallest absolute Gasteiger partial charge is 0.336 e. The maximum Gasteiger partial charge on any atom is 0.336 e. The highest BCUT2D eigenvalue weighted by atomic mass is 16.4. The predicted octanol–water partition coefficient (Wildman–Crippen LogP) is 1.26. The van der Waals surface area contributed by atoms with Crippen molar-refractivity contribution < 1.29 is 19.5 Å². The Morgan fingerprint density at radius 1 is 1.10 bits per heavy atom. The second-order valence-corrected chi connectivity index (χ2v) is 4.63. The number of carboxylic acids is 1. The van der Waals surface area contributed by atoms with Crippen molar-refractivity contribution in [2.24, 2.45) is 0 Å². The van der Waals surface area contributed by atoms with Gasteiger partial charge in [0.25, 0.3) is 0 Å². The first-order valence-corrected chi connectivity index (χ1v) is 6.45. The van der Waals surface area contributed by atoms with Crippen LogP contribution < -0.4 is 16.0 Å². The fourth-order valence-corrected chi connectivity index (χ4v) is 1.74. The molecule has 0 bridgehead atoms. The highest BCUT2D eigenvalue weighted by Crippen LogP contribution is 2.19. The van der Waals surface area contributed by atoms with E-state index in [1.54, 1.807) is 19.9 Å². The molecule has 21 heavy (non-hydrogen) atoms. The second-order valence-electron chi connectivity index (χ2n) is 4.63. The molecule has 0 radical (unpaired) electrons. The van der Waals surface area contributed by atoms with Crippen molar-refractivity contribution in [3.8, 4) is 0 Å². The van der Waals surface area contributed by atoms with E-state index in [0.29, 0.717) is 17.8 Å². The maximum absolute atomic E-state index is 11.7. The molecular weight excluding hydrogens is 274 g/mol. The van der Waals surface area contributed by atoms with Gasteiger partial charge in [-0.1, -0.05) is 0 Å². The molecule has 0 fully saturated rings. The van der Waals surface area contributed by atoms with E-state index >= 15 is 0 Å². The minimum absolute atomic E-state index is 0.156. The molecule has 0 atom stereocenters. The van der Waals surface area contributed by atoms with E-state index < -0.39 is 12.0 Å². The predicted molar refractivity (Wildman–Crippen MR) is 78.6 cm³/mol. The van der Waals surface area contributed by atoms with Crippen LogP contribution >= 0.6 is 0 Å². The Hall–Kier alpha value is -2.57. The molecule has 0 aliphatic carbocycles. The summed E-state index contributed by atoms with van der Waals surface area (Å²) in [5.41, 5.74) is 2.01. The standard InChI is InChI=1S/C14H19N3O4/c1-8-6-11(7-12(9(8)2)13(19)20)17-14(21)16-5-4-15-10(3)18/h6-7H,4-5H2,1-3H3,(H,15,18)(H,19,20)(H2,16,17,21). The molecular formula is C14H19N3O4. The van der Waals surface area contributed by atoms with Crippen molar-refractivity contribution >= 4 is 23.6 Å². The number of anilines is 1. The molecule has 0 aromatic heterocycles. The Labute approximate surface area is 122 Å². The summed E-state index contributed by atoms with van der Waals surface area (Å²) < 4.78 is 0. The van der Waals surface area contributed by atoms with Gasteiger partial charge in [0.1, 0.15) is 0 Å². The number of carbonyl (C=O) groups excluding carboxylic acids is 2. The van der Waals surface area contributed by atoms with Crippen molar-refractivity contribution in [1.82, 2.24) is 10.6 Å². The van der Waals surface area contributed by atoms with Crippen LogP contribution in [0.4, 0.5) is 10.5 Å². The highest BCUT2D eigenvalue weighted by molar-refractivity contribution is 5.94. The van der Waals surface area contributed by atoms with Crippen LogP contribution in [0.5, 0.6) is 0 Å². The lowest BCUT2D eigenvalue weighted by Crippen LogP contribution is -2.36. The molecule has 1 aromatic carbocycles. The maximum atomic E-state index is 11.7. The number of benzene rings is 1. The third-order valence-electron chi connectivity index (χ3n) is 2.94. The number of nitrogens with one attached hydrogen (secondary N) is 3. The number of aryl methyl sites for hydroxylation is 1. The van der Waals surface area contributed by atoms with Crippen LogP contribution in [-0.2, 0) is 4.79 Å². The first-order valence-electron chi connectivity index (χ1n) is 6.45. The zero-order chi connectivity index (χ0) is 16.0. The number of rotatable bonds is 5. The van der Waals surface area contributed by atoms with Gasteiger partial charge in [0.05, 0.1) is 5.56 Å². The highest BCUT2D eigenvalue weighted by Gasteiger charge is 2.12. The number of hydrogen-bond acceptors (Lipinski definition) is 3. The van der Waals surface area contributed by atoms with E-state index in [4.69, 9.17) is 5.11 Å². The van der Waals surface area contributed by atoms with Crippen LogP contribution in [0, 0.1) is 13.8 Å². The van der Waals surface area contributed by atoms with Crippen LogP contribution in [0.3, 0.4) is 0 Å². The summed E-state index contributed by atoms with van der Waals surface area (Å²) in [6.07, 6.45) is 0. The Bertz CT molecular complexity index is 570. The van der Waals surface area contributed by atoms with Crippen molar-refractivity contribution in [3.05, 3.63) is 28.8 Å². The SMILES string of the molecule is CC(=O)NCCNC(=O)Nc1cc(C)c(C)c(C(=O)O)c1. The van der Waals surface area contributed by atoms with E-state index in [-0.39, 0.29) is 18.0 Å². The van der Waals surface area contributed by atoms with Gasteiger partial charge in [-0.25, -0.2) is 9.59 Å². The molecule has 0 spiro atoms. The minimum Gasteiger partial charge on any atom is -0.478 e. The van der Waals surface area contributed by atoms with Crippen molar-refractivity contribution in [3.63, 3.8) is 0 Å². The summed E-state index contributed by atoms with van der Waals surface area (Å²) >= 11 is 0. The lowest BCUT2D eigenvalue weighted by atomic mass is 10.0. The molecule has 0 aliphatic rings. The fraction of sp³-hybridized carbons (Fsp3) is 0.357. The summed E-state index contributed by atoms with van der Waals surface area (Å²) in [4.78, 5) is 33.4. The van der Waals surface area contributed by atoms with Crippen LogP contribution in [0.2, 0.25) is 0 Å². The molecule has 0 saturated carbocycles. The van der Waals surface area contributed by atoms with Gasteiger partial charge < -0.3 is 21.1 Å². The average molecular weight is 293 g/mol. The molecule has 114 valence electrons. The first-order chi connectivity index (χ1) is 9.81. The zero-order valence-corrected chi connectivity index (χ0v) is 12.2. The third-order valence-corrected chi connectivity index (χ3v) is 2.94. The normalized spacial score (nSPS) is 9.86. The van der Waals surface area contributed by atoms with E-state index in [1.165, 1.54) is 13.0 Å². The molecule has 0 unspecified atom stereocenters. The molecule has 7 nitrogen and oxygen atoms in total. The van der Waals surface area contributed by atoms with Gasteiger partial charge in [0, 0.05) is 25.7 Å². The van der Waals surface area contributed by atoms with E-state index in [2.05, 4.69) is 16.0 Å². The topological polar surface area (TPSA) is 108 Å². The summed E-state index contributed by atoms with van der Waals surface area (Å²) in [6.45, 7) is 5.50. The quantitative estimate of drug-likeness (QED) is 0.613. The molecule has 3 amide bonds. The largest absolute Gasteiger partial charge is 0.478 e. The number of amides is 3. The molecule has 0 aliphatic heterocycles. The van der Waals surface area contributed by atoms with Crippen LogP contribution in [0.15, 0.2) is 12.1 Å². The molecule has 1 aromatic rings. The average Bonchev–Trinajstić information content (AvgIpc) is 2.38. The Kier molecular flexibility index (Phi) is 5.71. The van der Waals surface area contributed by atoms with Gasteiger partial charge in [-0.05, 0) is 37.1 Å². The van der Waals surface area contributed by atoms with Crippen molar-refractivity contribution in [2.75, 3.05) is 18.4 Å².